The van der Waals surface area contributed by atoms with Gasteiger partial charge in [-0.3, -0.25) is 0 Å². The van der Waals surface area contributed by atoms with Crippen LogP contribution in [0.15, 0.2) is 24.3 Å². The second kappa shape index (κ2) is 16.4. The van der Waals surface area contributed by atoms with Crippen LogP contribution in [0.1, 0.15) is 83.3 Å². The summed E-state index contributed by atoms with van der Waals surface area (Å²) >= 11 is 5.88. The topological polar surface area (TPSA) is 27.7 Å². The van der Waals surface area contributed by atoms with Crippen molar-refractivity contribution in [1.82, 2.24) is 0 Å². The summed E-state index contributed by atoms with van der Waals surface area (Å²) in [5.41, 5.74) is 2.54. The van der Waals surface area contributed by atoms with Gasteiger partial charge in [-0.1, -0.05) is 64.3 Å². The lowest BCUT2D eigenvalue weighted by Crippen LogP contribution is -2.46. The summed E-state index contributed by atoms with van der Waals surface area (Å²) in [5.74, 6) is 0.577. The molecule has 0 spiro atoms. The van der Waals surface area contributed by atoms with E-state index in [0.717, 1.165) is 83.7 Å². The molecule has 3 nitrogen and oxygen atoms in total. The predicted molar refractivity (Wildman–Crippen MR) is 122 cm³/mol. The van der Waals surface area contributed by atoms with Crippen LogP contribution in [0.2, 0.25) is 6.04 Å². The van der Waals surface area contributed by atoms with Gasteiger partial charge in [-0.25, -0.2) is 0 Å². The highest BCUT2D eigenvalue weighted by Gasteiger charge is 2.40. The maximum absolute atomic E-state index is 6.33. The Kier molecular flexibility index (Phi) is 15.0. The highest BCUT2D eigenvalue weighted by Crippen LogP contribution is 2.22. The Hall–Kier alpha value is -0.393. The van der Waals surface area contributed by atoms with Gasteiger partial charge in [-0.05, 0) is 49.7 Å². The van der Waals surface area contributed by atoms with E-state index in [1.807, 2.05) is 0 Å². The van der Waals surface area contributed by atoms with Gasteiger partial charge in [0.1, 0.15) is 0 Å². The van der Waals surface area contributed by atoms with E-state index in [9.17, 15) is 0 Å². The summed E-state index contributed by atoms with van der Waals surface area (Å²) in [4.78, 5) is 0. The average Bonchev–Trinajstić information content (AvgIpc) is 2.72. The molecule has 0 aromatic heterocycles. The minimum atomic E-state index is -2.58. The second-order valence-corrected chi connectivity index (χ2v) is 10.4. The van der Waals surface area contributed by atoms with Crippen LogP contribution in [0.25, 0.3) is 0 Å². The third-order valence-electron chi connectivity index (χ3n) is 4.84. The van der Waals surface area contributed by atoms with Crippen molar-refractivity contribution in [3.63, 3.8) is 0 Å². The summed E-state index contributed by atoms with van der Waals surface area (Å²) in [7, 11) is -2.58. The molecule has 5 heteroatoms. The van der Waals surface area contributed by atoms with Crippen molar-refractivity contribution in [2.24, 2.45) is 0 Å². The Balaban J connectivity index is 2.59. The Morgan fingerprint density at radius 3 is 1.57 bits per heavy atom. The highest BCUT2D eigenvalue weighted by atomic mass is 35.5. The molecule has 1 aromatic carbocycles. The lowest BCUT2D eigenvalue weighted by Gasteiger charge is -2.30. The fraction of sp³-hybridized carbons (Fsp3) is 0.739. The Morgan fingerprint density at radius 1 is 0.679 bits per heavy atom. The zero-order chi connectivity index (χ0) is 20.5. The van der Waals surface area contributed by atoms with E-state index in [0.29, 0.717) is 5.88 Å². The van der Waals surface area contributed by atoms with Gasteiger partial charge in [0.25, 0.3) is 0 Å². The van der Waals surface area contributed by atoms with Gasteiger partial charge < -0.3 is 13.3 Å². The monoisotopic (exact) mass is 428 g/mol. The molecule has 0 amide bonds. The molecule has 0 atom stereocenters. The van der Waals surface area contributed by atoms with Gasteiger partial charge in [0.15, 0.2) is 0 Å². The second-order valence-electron chi connectivity index (χ2n) is 7.45. The number of benzene rings is 1. The molecule has 0 aliphatic rings. The molecule has 0 aliphatic heterocycles. The van der Waals surface area contributed by atoms with Crippen molar-refractivity contribution in [1.29, 1.82) is 0 Å². The first kappa shape index (κ1) is 25.6. The summed E-state index contributed by atoms with van der Waals surface area (Å²) in [5, 5.41) is 0. The van der Waals surface area contributed by atoms with Crippen LogP contribution in [0.4, 0.5) is 0 Å². The van der Waals surface area contributed by atoms with Crippen LogP contribution >= 0.6 is 11.6 Å². The average molecular weight is 429 g/mol. The van der Waals surface area contributed by atoms with Crippen molar-refractivity contribution >= 4 is 20.4 Å². The van der Waals surface area contributed by atoms with E-state index < -0.39 is 8.80 Å². The fourth-order valence-corrected chi connectivity index (χ4v) is 5.83. The van der Waals surface area contributed by atoms with Gasteiger partial charge in [0.05, 0.1) is 0 Å². The first-order chi connectivity index (χ1) is 13.7. The molecule has 28 heavy (non-hydrogen) atoms. The van der Waals surface area contributed by atoms with Crippen LogP contribution in [0.5, 0.6) is 0 Å². The maximum Gasteiger partial charge on any atom is 0.500 e. The minimum Gasteiger partial charge on any atom is -0.373 e. The van der Waals surface area contributed by atoms with E-state index in [4.69, 9.17) is 24.9 Å². The smallest absolute Gasteiger partial charge is 0.373 e. The molecule has 0 saturated carbocycles. The van der Waals surface area contributed by atoms with E-state index in [2.05, 4.69) is 45.0 Å². The Labute approximate surface area is 179 Å². The maximum atomic E-state index is 6.33. The van der Waals surface area contributed by atoms with Gasteiger partial charge >= 0.3 is 8.80 Å². The van der Waals surface area contributed by atoms with Gasteiger partial charge in [0.2, 0.25) is 0 Å². The molecule has 0 radical (unpaired) electrons. The third-order valence-corrected chi connectivity index (χ3v) is 8.04. The van der Waals surface area contributed by atoms with Crippen LogP contribution in [-0.4, -0.2) is 28.6 Å². The molecule has 0 heterocycles. The van der Waals surface area contributed by atoms with E-state index in [-0.39, 0.29) is 0 Å². The highest BCUT2D eigenvalue weighted by molar-refractivity contribution is 6.60. The molecule has 0 aliphatic carbocycles. The fourth-order valence-electron chi connectivity index (χ4n) is 2.92. The summed E-state index contributed by atoms with van der Waals surface area (Å²) in [6, 6.07) is 9.54. The number of hydrogen-bond donors (Lipinski definition) is 0. The Bertz CT molecular complexity index is 455. The van der Waals surface area contributed by atoms with Crippen LogP contribution in [0, 0.1) is 0 Å². The number of aryl methyl sites for hydroxylation is 1. The first-order valence-electron chi connectivity index (χ1n) is 11.2. The minimum absolute atomic E-state index is 0.577. The van der Waals surface area contributed by atoms with Crippen LogP contribution in [0.3, 0.4) is 0 Å². The molecule has 1 aromatic rings. The zero-order valence-corrected chi connectivity index (χ0v) is 20.1. The largest absolute Gasteiger partial charge is 0.500 e. The van der Waals surface area contributed by atoms with Crippen molar-refractivity contribution in [2.45, 2.75) is 90.5 Å². The van der Waals surface area contributed by atoms with Crippen LogP contribution in [-0.2, 0) is 25.6 Å². The van der Waals surface area contributed by atoms with Gasteiger partial charge in [-0.2, -0.15) is 0 Å². The summed E-state index contributed by atoms with van der Waals surface area (Å²) < 4.78 is 19.0. The summed E-state index contributed by atoms with van der Waals surface area (Å²) in [6.07, 6.45) is 9.87. The van der Waals surface area contributed by atoms with Gasteiger partial charge in [-0.15, -0.1) is 11.6 Å². The molecule has 162 valence electrons. The standard InChI is InChI=1S/C23H41ClO3Si/c1-4-7-17-25-28(26-18-8-5-2,27-19-9-6-3)20-11-10-12-22-13-15-23(21-24)16-14-22/h13-16H,4-12,17-21H2,1-3H3. The number of rotatable bonds is 18. The van der Waals surface area contributed by atoms with Crippen molar-refractivity contribution < 1.29 is 13.3 Å². The molecule has 0 unspecified atom stereocenters. The van der Waals surface area contributed by atoms with Crippen LogP contribution < -0.4 is 0 Å². The van der Waals surface area contributed by atoms with E-state index in [1.165, 1.54) is 11.1 Å². The quantitative estimate of drug-likeness (QED) is 0.141. The lowest BCUT2D eigenvalue weighted by atomic mass is 10.1. The molecule has 0 fully saturated rings. The normalized spacial score (nSPS) is 11.9. The number of unbranched alkanes of at least 4 members (excludes halogenated alkanes) is 4. The first-order valence-corrected chi connectivity index (χ1v) is 13.7. The van der Waals surface area contributed by atoms with E-state index >= 15 is 0 Å². The molecular formula is C23H41ClO3Si. The molecule has 0 saturated heterocycles. The van der Waals surface area contributed by atoms with Gasteiger partial charge in [0, 0.05) is 31.7 Å². The number of halogens is 1. The number of hydrogen-bond acceptors (Lipinski definition) is 3. The predicted octanol–water partition coefficient (Wildman–Crippen LogP) is 7.14. The third kappa shape index (κ3) is 11.0. The molecule has 0 N–H and O–H groups in total. The summed E-state index contributed by atoms with van der Waals surface area (Å²) in [6.45, 7) is 8.83. The molecule has 1 rings (SSSR count). The molecule has 0 bridgehead atoms. The van der Waals surface area contributed by atoms with Crippen molar-refractivity contribution in [3.8, 4) is 0 Å². The van der Waals surface area contributed by atoms with Crippen molar-refractivity contribution in [2.75, 3.05) is 19.8 Å². The zero-order valence-electron chi connectivity index (χ0n) is 18.3. The Morgan fingerprint density at radius 2 is 1.14 bits per heavy atom. The van der Waals surface area contributed by atoms with E-state index in [1.54, 1.807) is 0 Å². The number of alkyl halides is 1. The SMILES string of the molecule is CCCCO[Si](CCCCc1ccc(CCl)cc1)(OCCCC)OCCCC. The molecular weight excluding hydrogens is 388 g/mol. The lowest BCUT2D eigenvalue weighted by molar-refractivity contribution is 0.0557. The van der Waals surface area contributed by atoms with Crippen molar-refractivity contribution in [3.05, 3.63) is 35.4 Å².